The molecule has 0 bridgehead atoms. The van der Waals surface area contributed by atoms with Gasteiger partial charge in [-0.2, -0.15) is 0 Å². The van der Waals surface area contributed by atoms with Crippen molar-refractivity contribution in [1.29, 1.82) is 0 Å². The molecular weight excluding hydrogens is 174 g/mol. The summed E-state index contributed by atoms with van der Waals surface area (Å²) in [5.41, 5.74) is 2.50. The summed E-state index contributed by atoms with van der Waals surface area (Å²) in [6.07, 6.45) is 4.46. The minimum atomic E-state index is 0.601. The predicted octanol–water partition coefficient (Wildman–Crippen LogP) is 2.31. The molecule has 2 nitrogen and oxygen atoms in total. The number of rotatable bonds is 3. The second-order valence-electron chi connectivity index (χ2n) is 3.49. The molecule has 0 unspecified atom stereocenters. The Morgan fingerprint density at radius 1 is 1.36 bits per heavy atom. The molecule has 0 atom stereocenters. The van der Waals surface area contributed by atoms with Gasteiger partial charge in [-0.3, -0.25) is 0 Å². The number of carbonyl (C=O) groups is 1. The van der Waals surface area contributed by atoms with Gasteiger partial charge in [-0.25, -0.2) is 0 Å². The van der Waals surface area contributed by atoms with Crippen LogP contribution in [0.4, 0.5) is 0 Å². The van der Waals surface area contributed by atoms with Gasteiger partial charge >= 0.3 is 0 Å². The standard InChI is InChI=1S/C12H13NO/c1-13-8-7-11-5-2-4-10(12(11)13)6-3-9-14/h2,4-5,7-9H,3,6H2,1H3. The second-order valence-corrected chi connectivity index (χ2v) is 3.49. The number of aldehydes is 1. The lowest BCUT2D eigenvalue weighted by Gasteiger charge is -2.03. The minimum absolute atomic E-state index is 0.601. The largest absolute Gasteiger partial charge is 0.350 e. The van der Waals surface area contributed by atoms with Crippen LogP contribution >= 0.6 is 0 Å². The molecule has 0 amide bonds. The summed E-state index contributed by atoms with van der Waals surface area (Å²) < 4.78 is 2.11. The first-order valence-electron chi connectivity index (χ1n) is 4.79. The molecular formula is C12H13NO. The summed E-state index contributed by atoms with van der Waals surface area (Å²) in [6, 6.07) is 8.33. The highest BCUT2D eigenvalue weighted by atomic mass is 16.1. The minimum Gasteiger partial charge on any atom is -0.350 e. The number of nitrogens with zero attached hydrogens (tertiary/aromatic N) is 1. The highest BCUT2D eigenvalue weighted by Crippen LogP contribution is 2.20. The van der Waals surface area contributed by atoms with Crippen molar-refractivity contribution in [2.75, 3.05) is 0 Å². The van der Waals surface area contributed by atoms with Crippen molar-refractivity contribution < 1.29 is 4.79 Å². The van der Waals surface area contributed by atoms with Gasteiger partial charge in [0.2, 0.25) is 0 Å². The molecule has 72 valence electrons. The number of carbonyl (C=O) groups excluding carboxylic acids is 1. The maximum absolute atomic E-state index is 10.3. The van der Waals surface area contributed by atoms with E-state index < -0.39 is 0 Å². The van der Waals surface area contributed by atoms with Crippen LogP contribution in [-0.2, 0) is 18.3 Å². The number of hydrogen-bond donors (Lipinski definition) is 0. The first kappa shape index (κ1) is 9.00. The van der Waals surface area contributed by atoms with Crippen LogP contribution in [0.1, 0.15) is 12.0 Å². The third kappa shape index (κ3) is 1.43. The monoisotopic (exact) mass is 187 g/mol. The number of aromatic nitrogens is 1. The Morgan fingerprint density at radius 3 is 3.00 bits per heavy atom. The fourth-order valence-electron chi connectivity index (χ4n) is 1.86. The molecule has 1 heterocycles. The van der Waals surface area contributed by atoms with Gasteiger partial charge in [0.1, 0.15) is 6.29 Å². The van der Waals surface area contributed by atoms with E-state index in [0.717, 1.165) is 12.7 Å². The van der Waals surface area contributed by atoms with Gasteiger partial charge in [0, 0.05) is 19.7 Å². The maximum atomic E-state index is 10.3. The number of benzene rings is 1. The Labute approximate surface area is 83.2 Å². The van der Waals surface area contributed by atoms with Gasteiger partial charge in [-0.05, 0) is 23.4 Å². The van der Waals surface area contributed by atoms with E-state index in [1.54, 1.807) is 0 Å². The van der Waals surface area contributed by atoms with Crippen molar-refractivity contribution in [2.45, 2.75) is 12.8 Å². The third-order valence-corrected chi connectivity index (χ3v) is 2.51. The summed E-state index contributed by atoms with van der Waals surface area (Å²) in [5.74, 6) is 0. The lowest BCUT2D eigenvalue weighted by Crippen LogP contribution is -1.92. The lowest BCUT2D eigenvalue weighted by molar-refractivity contribution is -0.107. The van der Waals surface area contributed by atoms with Gasteiger partial charge in [0.15, 0.2) is 0 Å². The molecule has 2 rings (SSSR count). The molecule has 0 spiro atoms. The zero-order valence-electron chi connectivity index (χ0n) is 8.23. The molecule has 0 fully saturated rings. The molecule has 0 saturated carbocycles. The number of fused-ring (bicyclic) bond motifs is 1. The van der Waals surface area contributed by atoms with Crippen LogP contribution in [-0.4, -0.2) is 10.9 Å². The molecule has 0 saturated heterocycles. The normalized spacial score (nSPS) is 10.6. The maximum Gasteiger partial charge on any atom is 0.120 e. The van der Waals surface area contributed by atoms with E-state index >= 15 is 0 Å². The molecule has 2 aromatic rings. The summed E-state index contributed by atoms with van der Waals surface area (Å²) in [5, 5.41) is 1.25. The predicted molar refractivity (Wildman–Crippen MR) is 57.3 cm³/mol. The highest BCUT2D eigenvalue weighted by Gasteiger charge is 2.03. The number of aryl methyl sites for hydroxylation is 2. The van der Waals surface area contributed by atoms with E-state index in [4.69, 9.17) is 0 Å². The van der Waals surface area contributed by atoms with Crippen molar-refractivity contribution >= 4 is 17.2 Å². The van der Waals surface area contributed by atoms with Gasteiger partial charge in [0.25, 0.3) is 0 Å². The first-order chi connectivity index (χ1) is 6.83. The quantitative estimate of drug-likeness (QED) is 0.676. The second kappa shape index (κ2) is 3.66. The average molecular weight is 187 g/mol. The van der Waals surface area contributed by atoms with E-state index in [2.05, 4.69) is 29.0 Å². The molecule has 0 aliphatic rings. The van der Waals surface area contributed by atoms with Crippen molar-refractivity contribution in [2.24, 2.45) is 7.05 Å². The topological polar surface area (TPSA) is 22.0 Å². The first-order valence-corrected chi connectivity index (χ1v) is 4.79. The molecule has 14 heavy (non-hydrogen) atoms. The summed E-state index contributed by atoms with van der Waals surface area (Å²) in [6.45, 7) is 0. The van der Waals surface area contributed by atoms with Crippen LogP contribution in [0.2, 0.25) is 0 Å². The van der Waals surface area contributed by atoms with Crippen LogP contribution in [0, 0.1) is 0 Å². The van der Waals surface area contributed by atoms with Gasteiger partial charge in [0.05, 0.1) is 5.52 Å². The van der Waals surface area contributed by atoms with Crippen LogP contribution < -0.4 is 0 Å². The molecule has 0 aliphatic heterocycles. The molecule has 0 radical (unpaired) electrons. The van der Waals surface area contributed by atoms with Gasteiger partial charge < -0.3 is 9.36 Å². The molecule has 1 aromatic heterocycles. The summed E-state index contributed by atoms with van der Waals surface area (Å²) in [7, 11) is 2.03. The molecule has 2 heteroatoms. The van der Waals surface area contributed by atoms with Crippen molar-refractivity contribution in [3.63, 3.8) is 0 Å². The van der Waals surface area contributed by atoms with Gasteiger partial charge in [-0.15, -0.1) is 0 Å². The van der Waals surface area contributed by atoms with E-state index in [1.165, 1.54) is 16.5 Å². The fraction of sp³-hybridized carbons (Fsp3) is 0.250. The number of para-hydroxylation sites is 1. The number of hydrogen-bond acceptors (Lipinski definition) is 1. The van der Waals surface area contributed by atoms with Crippen LogP contribution in [0.3, 0.4) is 0 Å². The zero-order valence-corrected chi connectivity index (χ0v) is 8.23. The lowest BCUT2D eigenvalue weighted by atomic mass is 10.1. The zero-order chi connectivity index (χ0) is 9.97. The van der Waals surface area contributed by atoms with Crippen LogP contribution in [0.15, 0.2) is 30.5 Å². The summed E-state index contributed by atoms with van der Waals surface area (Å²) in [4.78, 5) is 10.3. The van der Waals surface area contributed by atoms with Crippen molar-refractivity contribution in [3.8, 4) is 0 Å². The van der Waals surface area contributed by atoms with Crippen LogP contribution in [0.5, 0.6) is 0 Å². The van der Waals surface area contributed by atoms with E-state index in [0.29, 0.717) is 6.42 Å². The summed E-state index contributed by atoms with van der Waals surface area (Å²) >= 11 is 0. The SMILES string of the molecule is Cn1ccc2cccc(CCC=O)c21. The van der Waals surface area contributed by atoms with Crippen LogP contribution in [0.25, 0.3) is 10.9 Å². The van der Waals surface area contributed by atoms with E-state index in [-0.39, 0.29) is 0 Å². The van der Waals surface area contributed by atoms with E-state index in [9.17, 15) is 4.79 Å². The highest BCUT2D eigenvalue weighted by molar-refractivity contribution is 5.83. The van der Waals surface area contributed by atoms with Crippen molar-refractivity contribution in [1.82, 2.24) is 4.57 Å². The Bertz CT molecular complexity index is 456. The Kier molecular flexibility index (Phi) is 2.35. The fourth-order valence-corrected chi connectivity index (χ4v) is 1.86. The Balaban J connectivity index is 2.51. The van der Waals surface area contributed by atoms with E-state index in [1.807, 2.05) is 13.1 Å². The average Bonchev–Trinajstić information content (AvgIpc) is 2.58. The Morgan fingerprint density at radius 2 is 2.21 bits per heavy atom. The molecule has 0 aliphatic carbocycles. The molecule has 1 aromatic carbocycles. The molecule has 0 N–H and O–H groups in total. The Hall–Kier alpha value is -1.57. The smallest absolute Gasteiger partial charge is 0.120 e. The third-order valence-electron chi connectivity index (χ3n) is 2.51. The van der Waals surface area contributed by atoms with Crippen molar-refractivity contribution in [3.05, 3.63) is 36.0 Å². The van der Waals surface area contributed by atoms with Gasteiger partial charge in [-0.1, -0.05) is 18.2 Å².